The fourth-order valence-corrected chi connectivity index (χ4v) is 5.15. The Morgan fingerprint density at radius 3 is 1.14 bits per heavy atom. The lowest BCUT2D eigenvalue weighted by atomic mass is 9.99. The standard InChI is InChI=1S/C13H26N2.C11H23N3.3C2H6/c1-13-5-9-15(10-6-13)12-11-14-7-3-2-4-8-14;1-2-6-13(7-3-1)10-11-14-8-4-12-5-9-14;3*1-2/h13H,2-12H2,1H3;12H,1-11H2;3*1-2H3. The van der Waals surface area contributed by atoms with E-state index < -0.39 is 0 Å². The van der Waals surface area contributed by atoms with Crippen molar-refractivity contribution in [3.63, 3.8) is 0 Å². The Morgan fingerprint density at radius 1 is 0.457 bits per heavy atom. The van der Waals surface area contributed by atoms with E-state index in [2.05, 4.69) is 31.8 Å². The molecule has 4 rings (SSSR count). The van der Waals surface area contributed by atoms with Gasteiger partial charge in [0.1, 0.15) is 0 Å². The van der Waals surface area contributed by atoms with Gasteiger partial charge in [-0.15, -0.1) is 0 Å². The summed E-state index contributed by atoms with van der Waals surface area (Å²) in [5, 5.41) is 3.40. The highest BCUT2D eigenvalue weighted by Gasteiger charge is 2.17. The number of hydrogen-bond donors (Lipinski definition) is 1. The van der Waals surface area contributed by atoms with Crippen LogP contribution < -0.4 is 5.32 Å². The lowest BCUT2D eigenvalue weighted by molar-refractivity contribution is 0.150. The molecule has 0 aromatic carbocycles. The van der Waals surface area contributed by atoms with Gasteiger partial charge in [-0.1, -0.05) is 61.3 Å². The van der Waals surface area contributed by atoms with Gasteiger partial charge in [-0.2, -0.15) is 0 Å². The molecule has 0 aromatic rings. The van der Waals surface area contributed by atoms with E-state index >= 15 is 0 Å². The second kappa shape index (κ2) is 25.4. The van der Waals surface area contributed by atoms with Gasteiger partial charge in [-0.25, -0.2) is 0 Å². The number of rotatable bonds is 6. The fraction of sp³-hybridized carbons (Fsp3) is 1.00. The van der Waals surface area contributed by atoms with Gasteiger partial charge in [0, 0.05) is 52.4 Å². The Hall–Kier alpha value is -0.200. The molecule has 0 unspecified atom stereocenters. The highest BCUT2D eigenvalue weighted by atomic mass is 15.2. The molecule has 1 N–H and O–H groups in total. The van der Waals surface area contributed by atoms with Crippen LogP contribution in [0.3, 0.4) is 0 Å². The quantitative estimate of drug-likeness (QED) is 0.510. The fourth-order valence-electron chi connectivity index (χ4n) is 5.15. The number of hydrogen-bond acceptors (Lipinski definition) is 5. The largest absolute Gasteiger partial charge is 0.314 e. The van der Waals surface area contributed by atoms with Crippen LogP contribution in [-0.2, 0) is 0 Å². The average Bonchev–Trinajstić information content (AvgIpc) is 2.97. The van der Waals surface area contributed by atoms with Crippen molar-refractivity contribution in [1.29, 1.82) is 0 Å². The van der Waals surface area contributed by atoms with Crippen molar-refractivity contribution in [2.45, 2.75) is 99.8 Å². The predicted octanol–water partition coefficient (Wildman–Crippen LogP) is 5.66. The minimum atomic E-state index is 0.969. The first kappa shape index (κ1) is 34.8. The molecule has 0 spiro atoms. The highest BCUT2D eigenvalue weighted by Crippen LogP contribution is 2.16. The summed E-state index contributed by atoms with van der Waals surface area (Å²) in [5.74, 6) is 0.969. The third-order valence-corrected chi connectivity index (χ3v) is 7.45. The maximum Gasteiger partial charge on any atom is 0.0110 e. The SMILES string of the molecule is C1CCN(CCN2CCNCC2)CC1.CC.CC.CC.CC1CCN(CCN2CCCCC2)CC1. The van der Waals surface area contributed by atoms with Crippen molar-refractivity contribution >= 4 is 0 Å². The summed E-state index contributed by atoms with van der Waals surface area (Å²) < 4.78 is 0. The summed E-state index contributed by atoms with van der Waals surface area (Å²) in [6.45, 7) is 32.5. The topological polar surface area (TPSA) is 25.0 Å². The van der Waals surface area contributed by atoms with Crippen molar-refractivity contribution in [3.05, 3.63) is 0 Å². The summed E-state index contributed by atoms with van der Waals surface area (Å²) in [7, 11) is 0. The van der Waals surface area contributed by atoms with Gasteiger partial charge < -0.3 is 20.0 Å². The van der Waals surface area contributed by atoms with Gasteiger partial charge in [0.05, 0.1) is 0 Å². The van der Waals surface area contributed by atoms with Crippen LogP contribution in [-0.4, -0.2) is 111 Å². The zero-order valence-corrected chi connectivity index (χ0v) is 25.4. The lowest BCUT2D eigenvalue weighted by Crippen LogP contribution is -2.46. The molecule has 0 saturated carbocycles. The molecule has 4 heterocycles. The Kier molecular flexibility index (Phi) is 25.3. The second-order valence-corrected chi connectivity index (χ2v) is 9.92. The minimum Gasteiger partial charge on any atom is -0.314 e. The Balaban J connectivity index is 0.000000546. The van der Waals surface area contributed by atoms with Crippen molar-refractivity contribution in [1.82, 2.24) is 24.9 Å². The number of piperazine rings is 1. The van der Waals surface area contributed by atoms with Crippen LogP contribution in [0.5, 0.6) is 0 Å². The Bertz CT molecular complexity index is 376. The van der Waals surface area contributed by atoms with Crippen LogP contribution in [0, 0.1) is 5.92 Å². The summed E-state index contributed by atoms with van der Waals surface area (Å²) in [6, 6.07) is 0. The maximum absolute atomic E-state index is 3.40. The van der Waals surface area contributed by atoms with Crippen LogP contribution >= 0.6 is 0 Å². The first-order valence-electron chi connectivity index (χ1n) is 15.9. The van der Waals surface area contributed by atoms with E-state index in [0.29, 0.717) is 0 Å². The van der Waals surface area contributed by atoms with Crippen LogP contribution in [0.15, 0.2) is 0 Å². The number of nitrogens with zero attached hydrogens (tertiary/aromatic N) is 4. The molecule has 5 nitrogen and oxygen atoms in total. The maximum atomic E-state index is 3.40. The van der Waals surface area contributed by atoms with Gasteiger partial charge in [0.15, 0.2) is 0 Å². The number of nitrogens with one attached hydrogen (secondary N) is 1. The van der Waals surface area contributed by atoms with Crippen molar-refractivity contribution in [2.75, 3.05) is 91.6 Å². The molecular weight excluding hydrogens is 430 g/mol. The average molecular weight is 498 g/mol. The van der Waals surface area contributed by atoms with Gasteiger partial charge in [0.25, 0.3) is 0 Å². The van der Waals surface area contributed by atoms with E-state index in [1.165, 1.54) is 143 Å². The van der Waals surface area contributed by atoms with Crippen LogP contribution in [0.1, 0.15) is 99.8 Å². The van der Waals surface area contributed by atoms with Crippen LogP contribution in [0.2, 0.25) is 0 Å². The Morgan fingerprint density at radius 2 is 0.771 bits per heavy atom. The highest BCUT2D eigenvalue weighted by molar-refractivity contribution is 4.73. The zero-order chi connectivity index (χ0) is 26.2. The zero-order valence-electron chi connectivity index (χ0n) is 25.4. The first-order valence-corrected chi connectivity index (χ1v) is 15.9. The van der Waals surface area contributed by atoms with Gasteiger partial charge >= 0.3 is 0 Å². The number of likely N-dealkylation sites (tertiary alicyclic amines) is 3. The van der Waals surface area contributed by atoms with E-state index in [1.54, 1.807) is 0 Å². The molecule has 0 radical (unpaired) electrons. The summed E-state index contributed by atoms with van der Waals surface area (Å²) >= 11 is 0. The molecule has 4 fully saturated rings. The minimum absolute atomic E-state index is 0.969. The lowest BCUT2D eigenvalue weighted by Gasteiger charge is -2.33. The van der Waals surface area contributed by atoms with Crippen molar-refractivity contribution in [3.8, 4) is 0 Å². The smallest absolute Gasteiger partial charge is 0.0110 e. The monoisotopic (exact) mass is 498 g/mol. The molecule has 4 aliphatic rings. The molecule has 0 aromatic heterocycles. The predicted molar refractivity (Wildman–Crippen MR) is 159 cm³/mol. The number of piperidine rings is 3. The molecule has 0 amide bonds. The van der Waals surface area contributed by atoms with E-state index in [-0.39, 0.29) is 0 Å². The molecule has 0 aliphatic carbocycles. The molecule has 212 valence electrons. The molecule has 4 saturated heterocycles. The van der Waals surface area contributed by atoms with E-state index in [4.69, 9.17) is 0 Å². The van der Waals surface area contributed by atoms with Crippen molar-refractivity contribution < 1.29 is 0 Å². The van der Waals surface area contributed by atoms with Gasteiger partial charge in [-0.05, 0) is 83.7 Å². The molecular formula is C30H67N5. The van der Waals surface area contributed by atoms with Gasteiger partial charge in [0.2, 0.25) is 0 Å². The van der Waals surface area contributed by atoms with Crippen molar-refractivity contribution in [2.24, 2.45) is 5.92 Å². The third-order valence-electron chi connectivity index (χ3n) is 7.45. The second-order valence-electron chi connectivity index (χ2n) is 9.92. The molecule has 5 heteroatoms. The Labute approximate surface area is 222 Å². The van der Waals surface area contributed by atoms with E-state index in [0.717, 1.165) is 5.92 Å². The molecule has 4 aliphatic heterocycles. The summed E-state index contributed by atoms with van der Waals surface area (Å²) in [6.07, 6.45) is 11.4. The summed E-state index contributed by atoms with van der Waals surface area (Å²) in [5.41, 5.74) is 0. The van der Waals surface area contributed by atoms with Crippen LogP contribution in [0.4, 0.5) is 0 Å². The first-order chi connectivity index (χ1) is 17.3. The normalized spacial score (nSPS) is 22.7. The van der Waals surface area contributed by atoms with Crippen LogP contribution in [0.25, 0.3) is 0 Å². The van der Waals surface area contributed by atoms with E-state index in [9.17, 15) is 0 Å². The third kappa shape index (κ3) is 17.8. The summed E-state index contributed by atoms with van der Waals surface area (Å²) in [4.78, 5) is 10.5. The molecule has 35 heavy (non-hydrogen) atoms. The molecule has 0 atom stereocenters. The van der Waals surface area contributed by atoms with E-state index in [1.807, 2.05) is 41.5 Å². The molecule has 0 bridgehead atoms. The van der Waals surface area contributed by atoms with Gasteiger partial charge in [-0.3, -0.25) is 4.90 Å².